The smallest absolute Gasteiger partial charge is 0.411 e. The van der Waals surface area contributed by atoms with Crippen LogP contribution in [0.3, 0.4) is 0 Å². The van der Waals surface area contributed by atoms with Gasteiger partial charge in [0, 0.05) is 24.4 Å². The molecule has 1 aliphatic heterocycles. The predicted octanol–water partition coefficient (Wildman–Crippen LogP) is 4.38. The van der Waals surface area contributed by atoms with Crippen LogP contribution in [-0.2, 0) is 19.1 Å². The van der Waals surface area contributed by atoms with Gasteiger partial charge in [0.1, 0.15) is 11.6 Å². The number of hydrogen-bond donors (Lipinski definition) is 0. The highest BCUT2D eigenvalue weighted by atomic mass is 16.6. The van der Waals surface area contributed by atoms with Crippen LogP contribution in [0.15, 0.2) is 0 Å². The topological polar surface area (TPSA) is 76.2 Å². The minimum absolute atomic E-state index is 0.0665. The van der Waals surface area contributed by atoms with E-state index in [2.05, 4.69) is 13.8 Å². The van der Waals surface area contributed by atoms with Crippen LogP contribution in [0.25, 0.3) is 0 Å². The van der Waals surface area contributed by atoms with Gasteiger partial charge in [-0.2, -0.15) is 0 Å². The minimum atomic E-state index is -0.750. The van der Waals surface area contributed by atoms with Crippen LogP contribution in [0.2, 0.25) is 0 Å². The Labute approximate surface area is 187 Å². The third-order valence-electron chi connectivity index (χ3n) is 6.35. The van der Waals surface area contributed by atoms with Crippen LogP contribution in [0.4, 0.5) is 4.79 Å². The summed E-state index contributed by atoms with van der Waals surface area (Å²) in [6, 6.07) is -0.878. The van der Waals surface area contributed by atoms with Crippen molar-refractivity contribution in [3.63, 3.8) is 0 Å². The predicted molar refractivity (Wildman–Crippen MR) is 119 cm³/mol. The third kappa shape index (κ3) is 6.36. The lowest BCUT2D eigenvalue weighted by molar-refractivity contribution is -0.147. The van der Waals surface area contributed by atoms with Gasteiger partial charge in [-0.1, -0.05) is 34.6 Å². The minimum Gasteiger partial charge on any atom is -0.467 e. The van der Waals surface area contributed by atoms with E-state index in [1.165, 1.54) is 12.0 Å². The van der Waals surface area contributed by atoms with Crippen molar-refractivity contribution in [3.05, 3.63) is 0 Å². The Morgan fingerprint density at radius 1 is 0.968 bits per heavy atom. The first-order valence-electron chi connectivity index (χ1n) is 11.5. The fraction of sp³-hybridized carbons (Fsp3) is 0.875. The number of ether oxygens (including phenoxy) is 2. The summed E-state index contributed by atoms with van der Waals surface area (Å²) in [4.78, 5) is 42.4. The van der Waals surface area contributed by atoms with Gasteiger partial charge in [0.05, 0.1) is 13.2 Å². The number of hydrogen-bond acceptors (Lipinski definition) is 5. The molecule has 7 nitrogen and oxygen atoms in total. The van der Waals surface area contributed by atoms with Crippen molar-refractivity contribution in [1.29, 1.82) is 0 Å². The molecule has 0 aromatic carbocycles. The van der Waals surface area contributed by atoms with Crippen molar-refractivity contribution >= 4 is 18.0 Å². The van der Waals surface area contributed by atoms with E-state index in [9.17, 15) is 14.4 Å². The van der Waals surface area contributed by atoms with E-state index >= 15 is 0 Å². The van der Waals surface area contributed by atoms with Gasteiger partial charge < -0.3 is 14.4 Å². The molecule has 2 aliphatic rings. The molecule has 1 saturated carbocycles. The van der Waals surface area contributed by atoms with E-state index in [0.29, 0.717) is 6.42 Å². The highest BCUT2D eigenvalue weighted by Gasteiger charge is 2.48. The zero-order valence-corrected chi connectivity index (χ0v) is 20.9. The molecule has 2 amide bonds. The maximum absolute atomic E-state index is 13.5. The Bertz CT molecular complexity index is 679. The molecule has 1 aliphatic carbocycles. The number of likely N-dealkylation sites (tertiary alicyclic amines) is 1. The lowest BCUT2D eigenvalue weighted by atomic mass is 9.74. The first-order valence-corrected chi connectivity index (χ1v) is 11.5. The summed E-state index contributed by atoms with van der Waals surface area (Å²) in [5.41, 5.74) is -0.946. The number of rotatable bonds is 3. The van der Waals surface area contributed by atoms with E-state index in [4.69, 9.17) is 9.47 Å². The maximum Gasteiger partial charge on any atom is 0.411 e. The van der Waals surface area contributed by atoms with Crippen LogP contribution < -0.4 is 0 Å². The Morgan fingerprint density at radius 3 is 1.97 bits per heavy atom. The molecule has 0 aromatic rings. The lowest BCUT2D eigenvalue weighted by Gasteiger charge is -2.45. The number of nitrogens with zero attached hydrogens (tertiary/aromatic N) is 2. The van der Waals surface area contributed by atoms with Gasteiger partial charge in [0.15, 0.2) is 0 Å². The molecule has 2 atom stereocenters. The van der Waals surface area contributed by atoms with E-state index < -0.39 is 29.1 Å². The van der Waals surface area contributed by atoms with Crippen LogP contribution >= 0.6 is 0 Å². The molecule has 0 unspecified atom stereocenters. The monoisotopic (exact) mass is 438 g/mol. The van der Waals surface area contributed by atoms with E-state index in [-0.39, 0.29) is 30.0 Å². The number of amides is 2. The molecule has 1 saturated heterocycles. The summed E-state index contributed by atoms with van der Waals surface area (Å²) in [6.07, 6.45) is 3.79. The number of carbonyl (C=O) groups is 3. The summed E-state index contributed by atoms with van der Waals surface area (Å²) in [6.45, 7) is 16.0. The summed E-state index contributed by atoms with van der Waals surface area (Å²) in [7, 11) is 1.32. The second kappa shape index (κ2) is 8.99. The van der Waals surface area contributed by atoms with Gasteiger partial charge in [0.25, 0.3) is 0 Å². The largest absolute Gasteiger partial charge is 0.467 e. The molecule has 1 heterocycles. The Kier molecular flexibility index (Phi) is 7.38. The van der Waals surface area contributed by atoms with E-state index in [1.807, 2.05) is 25.7 Å². The molecule has 2 rings (SSSR count). The highest BCUT2D eigenvalue weighted by molar-refractivity contribution is 5.84. The summed E-state index contributed by atoms with van der Waals surface area (Å²) in [5, 5.41) is 0. The standard InChI is InChI=1S/C24H42N2O5/c1-22(2,3)20(28)26(16-10-12-24(7,8)13-11-16)17-14-18(19(27)30-9)25(15-17)21(29)31-23(4,5)6/h16-18H,10-15H2,1-9H3/t17-,18-/m0/s1. The normalized spacial score (nSPS) is 24.6. The first-order chi connectivity index (χ1) is 14.1. The van der Waals surface area contributed by atoms with Gasteiger partial charge >= 0.3 is 12.1 Å². The van der Waals surface area contributed by atoms with Gasteiger partial charge in [-0.15, -0.1) is 0 Å². The van der Waals surface area contributed by atoms with Gasteiger partial charge in [0.2, 0.25) is 5.91 Å². The molecule has 31 heavy (non-hydrogen) atoms. The molecule has 7 heteroatoms. The lowest BCUT2D eigenvalue weighted by Crippen LogP contribution is -2.53. The second-order valence-electron chi connectivity index (χ2n) is 11.9. The van der Waals surface area contributed by atoms with Crippen molar-refractivity contribution in [3.8, 4) is 0 Å². The molecule has 2 fully saturated rings. The SMILES string of the molecule is COC(=O)[C@@H]1C[C@H](N(C(=O)C(C)(C)C)C2CCC(C)(C)CC2)CN1C(=O)OC(C)(C)C. The molecular formula is C24H42N2O5. The van der Waals surface area contributed by atoms with Crippen molar-refractivity contribution in [2.45, 2.75) is 111 Å². The highest BCUT2D eigenvalue weighted by Crippen LogP contribution is 2.40. The van der Waals surface area contributed by atoms with Crippen LogP contribution in [0, 0.1) is 10.8 Å². The van der Waals surface area contributed by atoms with Crippen molar-refractivity contribution < 1.29 is 23.9 Å². The van der Waals surface area contributed by atoms with Crippen molar-refractivity contribution in [2.24, 2.45) is 10.8 Å². The van der Waals surface area contributed by atoms with Crippen LogP contribution in [-0.4, -0.2) is 65.2 Å². The molecule has 0 bridgehead atoms. The fourth-order valence-electron chi connectivity index (χ4n) is 4.58. The molecule has 0 spiro atoms. The molecule has 0 N–H and O–H groups in total. The molecule has 0 aromatic heterocycles. The Balaban J connectivity index is 2.33. The van der Waals surface area contributed by atoms with Crippen LogP contribution in [0.5, 0.6) is 0 Å². The third-order valence-corrected chi connectivity index (χ3v) is 6.35. The second-order valence-corrected chi connectivity index (χ2v) is 11.9. The quantitative estimate of drug-likeness (QED) is 0.611. The maximum atomic E-state index is 13.5. The summed E-state index contributed by atoms with van der Waals surface area (Å²) >= 11 is 0. The number of carbonyl (C=O) groups excluding carboxylic acids is 3. The molecular weight excluding hydrogens is 396 g/mol. The van der Waals surface area contributed by atoms with Crippen LogP contribution in [0.1, 0.15) is 87.5 Å². The van der Waals surface area contributed by atoms with Gasteiger partial charge in [-0.25, -0.2) is 9.59 Å². The Hall–Kier alpha value is -1.79. The zero-order valence-electron chi connectivity index (χ0n) is 20.9. The molecule has 0 radical (unpaired) electrons. The zero-order chi connectivity index (χ0) is 23.8. The van der Waals surface area contributed by atoms with E-state index in [0.717, 1.165) is 25.7 Å². The summed E-state index contributed by atoms with van der Waals surface area (Å²) in [5.74, 6) is -0.404. The molecule has 178 valence electrons. The van der Waals surface area contributed by atoms with E-state index in [1.54, 1.807) is 20.8 Å². The van der Waals surface area contributed by atoms with Gasteiger partial charge in [-0.05, 0) is 51.9 Å². The van der Waals surface area contributed by atoms with Crippen molar-refractivity contribution in [2.75, 3.05) is 13.7 Å². The number of esters is 1. The Morgan fingerprint density at radius 2 is 1.52 bits per heavy atom. The summed E-state index contributed by atoms with van der Waals surface area (Å²) < 4.78 is 10.5. The fourth-order valence-corrected chi connectivity index (χ4v) is 4.58. The average molecular weight is 439 g/mol. The van der Waals surface area contributed by atoms with Crippen molar-refractivity contribution in [1.82, 2.24) is 9.80 Å². The first kappa shape index (κ1) is 25.5. The van der Waals surface area contributed by atoms with Gasteiger partial charge in [-0.3, -0.25) is 9.69 Å². The number of methoxy groups -OCH3 is 1. The average Bonchev–Trinajstić information content (AvgIpc) is 3.05.